The van der Waals surface area contributed by atoms with E-state index in [2.05, 4.69) is 46.3 Å². The highest BCUT2D eigenvalue weighted by atomic mass is 79.9. The molecule has 0 saturated carbocycles. The van der Waals surface area contributed by atoms with E-state index in [1.54, 1.807) is 0 Å². The predicted molar refractivity (Wildman–Crippen MR) is 68.1 cm³/mol. The molecule has 0 aliphatic carbocycles. The Labute approximate surface area is 109 Å². The highest BCUT2D eigenvalue weighted by molar-refractivity contribution is 9.10. The van der Waals surface area contributed by atoms with Gasteiger partial charge in [0.2, 0.25) is 0 Å². The molecule has 1 aromatic rings. The predicted octanol–water partition coefficient (Wildman–Crippen LogP) is 2.59. The first-order chi connectivity index (χ1) is 7.80. The average molecular weight is 301 g/mol. The molecule has 1 atom stereocenters. The van der Waals surface area contributed by atoms with Crippen LogP contribution < -0.4 is 0 Å². The van der Waals surface area contributed by atoms with Crippen molar-refractivity contribution < 1.29 is 9.90 Å². The van der Waals surface area contributed by atoms with Gasteiger partial charge in [0.05, 0.1) is 11.6 Å². The van der Waals surface area contributed by atoms with Gasteiger partial charge in [-0.2, -0.15) is 0 Å². The van der Waals surface area contributed by atoms with Crippen LogP contribution in [-0.2, 0) is 23.2 Å². The zero-order chi connectivity index (χ0) is 12.8. The molecule has 0 bridgehead atoms. The van der Waals surface area contributed by atoms with Crippen molar-refractivity contribution in [1.29, 1.82) is 0 Å². The van der Waals surface area contributed by atoms with Crippen molar-refractivity contribution in [3.63, 3.8) is 0 Å². The molecule has 2 heterocycles. The third kappa shape index (κ3) is 2.25. The van der Waals surface area contributed by atoms with Crippen molar-refractivity contribution in [3.05, 3.63) is 16.1 Å². The van der Waals surface area contributed by atoms with Crippen LogP contribution in [0.1, 0.15) is 38.7 Å². The van der Waals surface area contributed by atoms with Gasteiger partial charge in [0.1, 0.15) is 10.4 Å². The van der Waals surface area contributed by atoms with E-state index in [4.69, 9.17) is 5.11 Å². The van der Waals surface area contributed by atoms with Crippen LogP contribution in [-0.4, -0.2) is 20.6 Å². The van der Waals surface area contributed by atoms with E-state index in [0.29, 0.717) is 13.0 Å². The fraction of sp³-hybridized carbons (Fsp3) is 0.667. The molecule has 94 valence electrons. The van der Waals surface area contributed by atoms with E-state index in [0.717, 1.165) is 22.5 Å². The summed E-state index contributed by atoms with van der Waals surface area (Å²) < 4.78 is 2.94. The summed E-state index contributed by atoms with van der Waals surface area (Å²) in [6.07, 6.45) is 1.48. The molecule has 1 aliphatic heterocycles. The van der Waals surface area contributed by atoms with Gasteiger partial charge in [0.15, 0.2) is 0 Å². The highest BCUT2D eigenvalue weighted by Gasteiger charge is 2.31. The number of aliphatic carboxylic acids is 1. The Morgan fingerprint density at radius 1 is 1.53 bits per heavy atom. The van der Waals surface area contributed by atoms with Crippen LogP contribution in [0.3, 0.4) is 0 Å². The van der Waals surface area contributed by atoms with Gasteiger partial charge in [0, 0.05) is 12.0 Å². The second-order valence-corrected chi connectivity index (χ2v) is 6.36. The van der Waals surface area contributed by atoms with Gasteiger partial charge in [-0.1, -0.05) is 20.8 Å². The molecule has 2 rings (SSSR count). The number of carboxylic acid groups (broad SMARTS) is 1. The molecule has 4 nitrogen and oxygen atoms in total. The van der Waals surface area contributed by atoms with Gasteiger partial charge in [0.25, 0.3) is 0 Å². The molecule has 0 radical (unpaired) electrons. The minimum absolute atomic E-state index is 0.0683. The molecule has 0 amide bonds. The fourth-order valence-electron chi connectivity index (χ4n) is 2.29. The lowest BCUT2D eigenvalue weighted by atomic mass is 9.93. The number of rotatable bonds is 1. The molecule has 0 spiro atoms. The van der Waals surface area contributed by atoms with Gasteiger partial charge in [-0.05, 0) is 28.8 Å². The second kappa shape index (κ2) is 4.12. The topological polar surface area (TPSA) is 55.1 Å². The van der Waals surface area contributed by atoms with E-state index in [9.17, 15) is 4.79 Å². The summed E-state index contributed by atoms with van der Waals surface area (Å²) >= 11 is 3.47. The van der Waals surface area contributed by atoms with Gasteiger partial charge < -0.3 is 9.67 Å². The quantitative estimate of drug-likeness (QED) is 0.867. The number of carbonyl (C=O) groups is 1. The van der Waals surface area contributed by atoms with Crippen molar-refractivity contribution in [2.24, 2.45) is 5.92 Å². The summed E-state index contributed by atoms with van der Waals surface area (Å²) in [5, 5.41) is 9.12. The van der Waals surface area contributed by atoms with Crippen molar-refractivity contribution in [2.45, 2.75) is 45.6 Å². The van der Waals surface area contributed by atoms with Gasteiger partial charge in [-0.15, -0.1) is 0 Å². The standard InChI is InChI=1S/C12H17BrN2O2/c1-12(2,3)11-14-9(13)8-5-4-7(10(16)17)6-15(8)11/h7H,4-6H2,1-3H3,(H,16,17). The minimum Gasteiger partial charge on any atom is -0.481 e. The molecule has 17 heavy (non-hydrogen) atoms. The third-order valence-corrected chi connectivity index (χ3v) is 3.81. The first kappa shape index (κ1) is 12.6. The summed E-state index contributed by atoms with van der Waals surface area (Å²) in [6, 6.07) is 0. The number of imidazole rings is 1. The maximum atomic E-state index is 11.1. The Morgan fingerprint density at radius 2 is 2.18 bits per heavy atom. The Kier molecular flexibility index (Phi) is 3.06. The molecule has 0 fully saturated rings. The van der Waals surface area contributed by atoms with Gasteiger partial charge >= 0.3 is 5.97 Å². The number of aromatic nitrogens is 2. The normalized spacial score (nSPS) is 20.1. The average Bonchev–Trinajstić information content (AvgIpc) is 2.55. The molecule has 5 heteroatoms. The van der Waals surface area contributed by atoms with Crippen LogP contribution in [0, 0.1) is 5.92 Å². The summed E-state index contributed by atoms with van der Waals surface area (Å²) in [5.41, 5.74) is 1.06. The van der Waals surface area contributed by atoms with E-state index in [-0.39, 0.29) is 11.3 Å². The Morgan fingerprint density at radius 3 is 2.71 bits per heavy atom. The minimum atomic E-state index is -0.708. The molecule has 1 aromatic heterocycles. The van der Waals surface area contributed by atoms with Crippen molar-refractivity contribution >= 4 is 21.9 Å². The number of nitrogens with zero attached hydrogens (tertiary/aromatic N) is 2. The molecule has 1 unspecified atom stereocenters. The molecular formula is C12H17BrN2O2. The van der Waals surface area contributed by atoms with E-state index < -0.39 is 5.97 Å². The largest absolute Gasteiger partial charge is 0.481 e. The maximum absolute atomic E-state index is 11.1. The van der Waals surface area contributed by atoms with Crippen LogP contribution in [0.25, 0.3) is 0 Å². The number of hydrogen-bond acceptors (Lipinski definition) is 2. The molecule has 0 saturated heterocycles. The van der Waals surface area contributed by atoms with Crippen LogP contribution in [0.2, 0.25) is 0 Å². The molecule has 1 N–H and O–H groups in total. The maximum Gasteiger partial charge on any atom is 0.308 e. The summed E-state index contributed by atoms with van der Waals surface area (Å²) in [6.45, 7) is 6.83. The van der Waals surface area contributed by atoms with E-state index in [1.165, 1.54) is 0 Å². The first-order valence-corrected chi connectivity index (χ1v) is 6.58. The highest BCUT2D eigenvalue weighted by Crippen LogP contribution is 2.32. The number of fused-ring (bicyclic) bond motifs is 1. The third-order valence-electron chi connectivity index (χ3n) is 3.18. The number of halogens is 1. The fourth-order valence-corrected chi connectivity index (χ4v) is 2.87. The number of hydrogen-bond donors (Lipinski definition) is 1. The van der Waals surface area contributed by atoms with E-state index >= 15 is 0 Å². The van der Waals surface area contributed by atoms with Crippen LogP contribution in [0.15, 0.2) is 4.60 Å². The molecule has 0 aromatic carbocycles. The molecule has 1 aliphatic rings. The zero-order valence-electron chi connectivity index (χ0n) is 10.3. The van der Waals surface area contributed by atoms with Gasteiger partial charge in [-0.3, -0.25) is 4.79 Å². The second-order valence-electron chi connectivity index (χ2n) is 5.61. The molecular weight excluding hydrogens is 284 g/mol. The Balaban J connectivity index is 2.44. The van der Waals surface area contributed by atoms with Crippen molar-refractivity contribution in [3.8, 4) is 0 Å². The van der Waals surface area contributed by atoms with Crippen LogP contribution >= 0.6 is 15.9 Å². The zero-order valence-corrected chi connectivity index (χ0v) is 11.9. The Hall–Kier alpha value is -0.840. The monoisotopic (exact) mass is 300 g/mol. The van der Waals surface area contributed by atoms with Gasteiger partial charge in [-0.25, -0.2) is 4.98 Å². The smallest absolute Gasteiger partial charge is 0.308 e. The summed E-state index contributed by atoms with van der Waals surface area (Å²) in [7, 11) is 0. The number of carboxylic acids is 1. The lowest BCUT2D eigenvalue weighted by Crippen LogP contribution is -2.30. The first-order valence-electron chi connectivity index (χ1n) is 5.79. The van der Waals surface area contributed by atoms with Crippen LogP contribution in [0.4, 0.5) is 0 Å². The summed E-state index contributed by atoms with van der Waals surface area (Å²) in [5.74, 6) is -0.0321. The van der Waals surface area contributed by atoms with Crippen molar-refractivity contribution in [2.75, 3.05) is 0 Å². The summed E-state index contributed by atoms with van der Waals surface area (Å²) in [4.78, 5) is 15.6. The SMILES string of the molecule is CC(C)(C)c1nc(Br)c2n1CC(C(=O)O)CC2. The van der Waals surface area contributed by atoms with Crippen molar-refractivity contribution in [1.82, 2.24) is 9.55 Å². The lowest BCUT2D eigenvalue weighted by molar-refractivity contribution is -0.142. The Bertz CT molecular complexity index is 460. The van der Waals surface area contributed by atoms with E-state index in [1.807, 2.05) is 0 Å². The van der Waals surface area contributed by atoms with Crippen LogP contribution in [0.5, 0.6) is 0 Å². The lowest BCUT2D eigenvalue weighted by Gasteiger charge is -2.26.